The predicted molar refractivity (Wildman–Crippen MR) is 184 cm³/mol. The number of hydrogen-bond acceptors (Lipinski definition) is 16. The Morgan fingerprint density at radius 1 is 0.377 bits per heavy atom. The Morgan fingerprint density at radius 3 is 0.736 bits per heavy atom. The topological polar surface area (TPSA) is 259 Å². The lowest BCUT2D eigenvalue weighted by molar-refractivity contribution is -0.119. The average Bonchev–Trinajstić information content (AvgIpc) is 3.07. The molecule has 53 heavy (non-hydrogen) atoms. The molecule has 0 aromatic heterocycles. The highest BCUT2D eigenvalue weighted by Crippen LogP contribution is 2.21. The summed E-state index contributed by atoms with van der Waals surface area (Å²) in [5.41, 5.74) is -1.09. The quantitative estimate of drug-likeness (QED) is 0.0636. The van der Waals surface area contributed by atoms with Gasteiger partial charge >= 0.3 is 24.4 Å². The smallest absolute Gasteiger partial charge is 0.407 e. The van der Waals surface area contributed by atoms with Crippen molar-refractivity contribution in [2.24, 2.45) is 5.41 Å². The molecule has 0 heterocycles. The number of Topliss-reactive ketones (excluding diaryl/α,β-unsaturated/α-hetero) is 4. The molecule has 0 fully saturated rings. The van der Waals surface area contributed by atoms with Crippen LogP contribution in [0.2, 0.25) is 0 Å². The summed E-state index contributed by atoms with van der Waals surface area (Å²) >= 11 is 0. The molecule has 0 saturated heterocycles. The van der Waals surface area contributed by atoms with Gasteiger partial charge in [-0.25, -0.2) is 19.2 Å². The highest BCUT2D eigenvalue weighted by Gasteiger charge is 2.33. The first-order valence-corrected chi connectivity index (χ1v) is 16.9. The molecule has 0 spiro atoms. The molecule has 0 aromatic rings. The molecule has 0 aromatic carbocycles. The van der Waals surface area contributed by atoms with Gasteiger partial charge in [-0.2, -0.15) is 0 Å². The molecule has 4 amide bonds. The minimum absolute atomic E-state index is 0.0868. The van der Waals surface area contributed by atoms with Gasteiger partial charge in [0.2, 0.25) is 0 Å². The van der Waals surface area contributed by atoms with Gasteiger partial charge in [0.15, 0.2) is 23.1 Å². The van der Waals surface area contributed by atoms with E-state index in [1.54, 1.807) is 0 Å². The van der Waals surface area contributed by atoms with Gasteiger partial charge in [0.25, 0.3) is 0 Å². The summed E-state index contributed by atoms with van der Waals surface area (Å²) in [6.45, 7) is 9.83. The van der Waals surface area contributed by atoms with Crippen LogP contribution >= 0.6 is 0 Å². The van der Waals surface area contributed by atoms with Crippen LogP contribution in [0.25, 0.3) is 0 Å². The fourth-order valence-electron chi connectivity index (χ4n) is 3.46. The fourth-order valence-corrected chi connectivity index (χ4v) is 3.46. The van der Waals surface area contributed by atoms with E-state index in [9.17, 15) is 38.4 Å². The molecule has 304 valence electrons. The van der Waals surface area contributed by atoms with E-state index in [1.165, 1.54) is 55.4 Å². The van der Waals surface area contributed by atoms with E-state index < -0.39 is 54.0 Å². The Kier molecular flexibility index (Phi) is 25.0. The van der Waals surface area contributed by atoms with Crippen molar-refractivity contribution in [3.63, 3.8) is 0 Å². The zero-order valence-electron chi connectivity index (χ0n) is 31.8. The number of ketones is 4. The zero-order chi connectivity index (χ0) is 40.4. The molecule has 20 nitrogen and oxygen atoms in total. The van der Waals surface area contributed by atoms with Gasteiger partial charge in [0.1, 0.15) is 26.4 Å². The minimum Gasteiger partial charge on any atom is -0.447 e. The van der Waals surface area contributed by atoms with Gasteiger partial charge in [0.05, 0.1) is 82.4 Å². The maximum Gasteiger partial charge on any atom is 0.407 e. The van der Waals surface area contributed by atoms with E-state index in [0.29, 0.717) is 0 Å². The number of rotatable bonds is 28. The van der Waals surface area contributed by atoms with Crippen molar-refractivity contribution in [3.8, 4) is 0 Å². The molecule has 4 unspecified atom stereocenters. The maximum atomic E-state index is 12.0. The molecule has 0 saturated carbocycles. The van der Waals surface area contributed by atoms with E-state index >= 15 is 0 Å². The number of ether oxygens (including phenoxy) is 8. The van der Waals surface area contributed by atoms with Gasteiger partial charge in [0, 0.05) is 0 Å². The van der Waals surface area contributed by atoms with Gasteiger partial charge < -0.3 is 59.2 Å². The molecular weight excluding hydrogens is 708 g/mol. The minimum atomic E-state index is -1.09. The van der Waals surface area contributed by atoms with Crippen LogP contribution in [0, 0.1) is 5.41 Å². The number of alkyl carbamates (subject to hydrolysis) is 4. The lowest BCUT2D eigenvalue weighted by Crippen LogP contribution is -2.43. The normalized spacial score (nSPS) is 14.2. The molecule has 20 heteroatoms. The second-order valence-corrected chi connectivity index (χ2v) is 12.2. The Hall–Kier alpha value is -4.40. The fraction of sp³-hybridized carbons (Fsp3) is 0.758. The molecule has 4 N–H and O–H groups in total. The van der Waals surface area contributed by atoms with Crippen molar-refractivity contribution < 1.29 is 76.3 Å². The molecule has 4 atom stereocenters. The lowest BCUT2D eigenvalue weighted by Gasteiger charge is -2.33. The molecule has 0 radical (unpaired) electrons. The van der Waals surface area contributed by atoms with E-state index in [4.69, 9.17) is 37.9 Å². The van der Waals surface area contributed by atoms with Crippen LogP contribution in [0.1, 0.15) is 55.4 Å². The lowest BCUT2D eigenvalue weighted by atomic mass is 9.92. The van der Waals surface area contributed by atoms with Gasteiger partial charge in [-0.15, -0.1) is 0 Å². The summed E-state index contributed by atoms with van der Waals surface area (Å²) in [5, 5.41) is 9.52. The summed E-state index contributed by atoms with van der Waals surface area (Å²) in [7, 11) is 0. The first kappa shape index (κ1) is 48.6. The maximum absolute atomic E-state index is 12.0. The van der Waals surface area contributed by atoms with Crippen LogP contribution in [0.4, 0.5) is 19.2 Å². The molecule has 0 aliphatic rings. The number of carbonyl (C=O) groups excluding carboxylic acids is 8. The summed E-state index contributed by atoms with van der Waals surface area (Å²) in [6.07, 6.45) is -3.27. The van der Waals surface area contributed by atoms with Crippen LogP contribution in [0.15, 0.2) is 0 Å². The highest BCUT2D eigenvalue weighted by atomic mass is 16.6. The Balaban J connectivity index is 5.55. The zero-order valence-corrected chi connectivity index (χ0v) is 31.8. The van der Waals surface area contributed by atoms with E-state index in [0.717, 1.165) is 0 Å². The highest BCUT2D eigenvalue weighted by molar-refractivity contribution is 5.86. The number of hydrogen-bond donors (Lipinski definition) is 4. The number of nitrogens with one attached hydrogen (secondary N) is 4. The second kappa shape index (κ2) is 27.2. The predicted octanol–water partition coefficient (Wildman–Crippen LogP) is 0.854. The Bertz CT molecular complexity index is 1020. The number of carbonyl (C=O) groups is 8. The van der Waals surface area contributed by atoms with Crippen molar-refractivity contribution in [3.05, 3.63) is 0 Å². The third-order valence-corrected chi connectivity index (χ3v) is 7.25. The standard InChI is InChI=1S/C33H56N4O16/c1-21(25(5)38)34-29(42)50-13-9-46-17-33(18-47-10-14-51-30(43)35-22(2)26(6)39,19-48-11-15-52-31(44)36-23(3)27(7)40)20-49-12-16-53-32(45)37-24(4)28(8)41/h21-24H,9-20H2,1-8H3,(H,34,42)(H,35,43)(H,36,44)(H,37,45). The van der Waals surface area contributed by atoms with Crippen LogP contribution in [-0.2, 0) is 57.1 Å². The van der Waals surface area contributed by atoms with Gasteiger partial charge in [-0.05, 0) is 55.4 Å². The summed E-state index contributed by atoms with van der Waals surface area (Å²) < 4.78 is 43.4. The van der Waals surface area contributed by atoms with Crippen molar-refractivity contribution in [2.45, 2.75) is 79.6 Å². The second-order valence-electron chi connectivity index (χ2n) is 12.2. The van der Waals surface area contributed by atoms with Gasteiger partial charge in [-0.3, -0.25) is 19.2 Å². The molecule has 0 rings (SSSR count). The van der Waals surface area contributed by atoms with Gasteiger partial charge in [-0.1, -0.05) is 0 Å². The third-order valence-electron chi connectivity index (χ3n) is 7.25. The van der Waals surface area contributed by atoms with Crippen LogP contribution in [-0.4, -0.2) is 151 Å². The van der Waals surface area contributed by atoms with Crippen molar-refractivity contribution in [2.75, 3.05) is 79.3 Å². The largest absolute Gasteiger partial charge is 0.447 e. The molecular formula is C33H56N4O16. The summed E-state index contributed by atoms with van der Waals surface area (Å²) in [5.74, 6) is -1.03. The van der Waals surface area contributed by atoms with E-state index in [2.05, 4.69) is 21.3 Å². The van der Waals surface area contributed by atoms with Crippen molar-refractivity contribution in [1.29, 1.82) is 0 Å². The third kappa shape index (κ3) is 24.5. The van der Waals surface area contributed by atoms with Crippen LogP contribution in [0.5, 0.6) is 0 Å². The number of amides is 4. The summed E-state index contributed by atoms with van der Waals surface area (Å²) in [4.78, 5) is 93.5. The first-order valence-electron chi connectivity index (χ1n) is 16.9. The molecule has 0 bridgehead atoms. The SMILES string of the molecule is CC(=O)C(C)NC(=O)OCCOCC(COCCOC(=O)NC(C)C(C)=O)(COCCOC(=O)NC(C)C(C)=O)COCCOC(=O)NC(C)C(C)=O. The average molecular weight is 765 g/mol. The van der Waals surface area contributed by atoms with Crippen molar-refractivity contribution >= 4 is 47.5 Å². The Morgan fingerprint density at radius 2 is 0.566 bits per heavy atom. The first-order chi connectivity index (χ1) is 24.9. The van der Waals surface area contributed by atoms with Crippen molar-refractivity contribution in [1.82, 2.24) is 21.3 Å². The van der Waals surface area contributed by atoms with E-state index in [-0.39, 0.29) is 102 Å². The van der Waals surface area contributed by atoms with Crippen LogP contribution in [0.3, 0.4) is 0 Å². The Labute approximate surface area is 309 Å². The summed E-state index contributed by atoms with van der Waals surface area (Å²) in [6, 6.07) is -2.96. The molecule has 0 aliphatic heterocycles. The van der Waals surface area contributed by atoms with E-state index in [1.807, 2.05) is 0 Å². The molecule has 0 aliphatic carbocycles. The monoisotopic (exact) mass is 764 g/mol. The van der Waals surface area contributed by atoms with Crippen LogP contribution < -0.4 is 21.3 Å².